The summed E-state index contributed by atoms with van der Waals surface area (Å²) >= 11 is 1.47. The van der Waals surface area contributed by atoms with Crippen LogP contribution in [-0.2, 0) is 29.4 Å². The van der Waals surface area contributed by atoms with Gasteiger partial charge in [-0.2, -0.15) is 0 Å². The van der Waals surface area contributed by atoms with Gasteiger partial charge in [-0.05, 0) is 41.2 Å². The van der Waals surface area contributed by atoms with Crippen LogP contribution in [0.25, 0.3) is 10.4 Å². The molecule has 4 rings (SSSR count). The lowest BCUT2D eigenvalue weighted by Crippen LogP contribution is -2.34. The van der Waals surface area contributed by atoms with Crippen LogP contribution in [0.1, 0.15) is 26.4 Å². The van der Waals surface area contributed by atoms with Gasteiger partial charge in [0.25, 0.3) is 5.91 Å². The molecule has 2 aromatic carbocycles. The number of nitrogens with one attached hydrogen (secondary N) is 2. The maximum Gasteiger partial charge on any atom is 0.261 e. The highest BCUT2D eigenvalue weighted by molar-refractivity contribution is 7.89. The first-order valence-electron chi connectivity index (χ1n) is 9.52. The summed E-state index contributed by atoms with van der Waals surface area (Å²) in [6.07, 6.45) is 1.90. The Bertz CT molecular complexity index is 1120. The lowest BCUT2D eigenvalue weighted by Gasteiger charge is -2.15. The molecule has 1 heterocycles. The summed E-state index contributed by atoms with van der Waals surface area (Å²) in [5.74, 6) is -0.375. The van der Waals surface area contributed by atoms with Crippen molar-refractivity contribution in [2.24, 2.45) is 0 Å². The van der Waals surface area contributed by atoms with Crippen molar-refractivity contribution >= 4 is 27.3 Å². The van der Waals surface area contributed by atoms with E-state index in [0.29, 0.717) is 4.88 Å². The van der Waals surface area contributed by atoms with E-state index in [1.54, 1.807) is 0 Å². The third kappa shape index (κ3) is 4.75. The van der Waals surface area contributed by atoms with Crippen LogP contribution >= 0.6 is 11.3 Å². The van der Waals surface area contributed by atoms with E-state index in [1.807, 2.05) is 48.5 Å². The van der Waals surface area contributed by atoms with E-state index in [2.05, 4.69) is 22.2 Å². The molecule has 29 heavy (non-hydrogen) atoms. The molecule has 0 bridgehead atoms. The Morgan fingerprint density at radius 3 is 2.52 bits per heavy atom. The summed E-state index contributed by atoms with van der Waals surface area (Å²) in [5.41, 5.74) is 4.59. The van der Waals surface area contributed by atoms with Crippen molar-refractivity contribution in [2.45, 2.75) is 19.4 Å². The van der Waals surface area contributed by atoms with Crippen LogP contribution in [-0.4, -0.2) is 26.6 Å². The number of benzene rings is 2. The third-order valence-electron chi connectivity index (χ3n) is 4.95. The molecule has 0 saturated carbocycles. The van der Waals surface area contributed by atoms with Gasteiger partial charge in [0.2, 0.25) is 10.0 Å². The maximum absolute atomic E-state index is 12.5. The Hall–Kier alpha value is -2.48. The lowest BCUT2D eigenvalue weighted by atomic mass is 9.91. The average Bonchev–Trinajstić information content (AvgIpc) is 3.18. The molecule has 0 atom stereocenters. The summed E-state index contributed by atoms with van der Waals surface area (Å²) in [7, 11) is -3.46. The molecule has 1 aromatic heterocycles. The molecule has 1 amide bonds. The van der Waals surface area contributed by atoms with Crippen molar-refractivity contribution in [3.05, 3.63) is 82.2 Å². The Morgan fingerprint density at radius 1 is 0.966 bits per heavy atom. The molecule has 0 saturated heterocycles. The number of amides is 1. The average molecular weight is 427 g/mol. The monoisotopic (exact) mass is 426 g/mol. The molecule has 0 unspecified atom stereocenters. The van der Waals surface area contributed by atoms with Crippen molar-refractivity contribution in [1.82, 2.24) is 10.0 Å². The number of aryl methyl sites for hydroxylation is 2. The molecule has 0 spiro atoms. The van der Waals surface area contributed by atoms with Crippen LogP contribution in [0.2, 0.25) is 0 Å². The maximum atomic E-state index is 12.5. The molecule has 7 heteroatoms. The van der Waals surface area contributed by atoms with Crippen LogP contribution in [0.15, 0.2) is 60.7 Å². The van der Waals surface area contributed by atoms with Gasteiger partial charge in [-0.25, -0.2) is 13.1 Å². The van der Waals surface area contributed by atoms with Gasteiger partial charge in [0, 0.05) is 18.0 Å². The van der Waals surface area contributed by atoms with Crippen LogP contribution in [0.4, 0.5) is 0 Å². The van der Waals surface area contributed by atoms with Crippen LogP contribution in [0.3, 0.4) is 0 Å². The van der Waals surface area contributed by atoms with Gasteiger partial charge in [0.1, 0.15) is 0 Å². The summed E-state index contributed by atoms with van der Waals surface area (Å²) in [6, 6.07) is 19.6. The van der Waals surface area contributed by atoms with E-state index in [4.69, 9.17) is 0 Å². The minimum absolute atomic E-state index is 0.0715. The van der Waals surface area contributed by atoms with Gasteiger partial charge in [-0.3, -0.25) is 4.79 Å². The van der Waals surface area contributed by atoms with Gasteiger partial charge in [-0.15, -0.1) is 11.3 Å². The number of carbonyl (C=O) groups is 1. The molecule has 150 valence electrons. The van der Waals surface area contributed by atoms with Gasteiger partial charge in [-0.1, -0.05) is 54.6 Å². The highest BCUT2D eigenvalue weighted by Crippen LogP contribution is 2.39. The standard InChI is InChI=1S/C22H22N2O3S2/c25-22(23-12-13-29(26,27)24-15-16-6-2-1-3-7-16)20-14-18-11-10-17-8-4-5-9-19(17)21(18)28-20/h1-9,14,24H,10-13,15H2,(H,23,25). The Morgan fingerprint density at radius 2 is 1.69 bits per heavy atom. The van der Waals surface area contributed by atoms with Gasteiger partial charge in [0.15, 0.2) is 0 Å². The van der Waals surface area contributed by atoms with Crippen molar-refractivity contribution in [2.75, 3.05) is 12.3 Å². The van der Waals surface area contributed by atoms with Crippen molar-refractivity contribution in [3.8, 4) is 10.4 Å². The molecular formula is C22H22N2O3S2. The van der Waals surface area contributed by atoms with E-state index in [-0.39, 0.29) is 24.7 Å². The number of fused-ring (bicyclic) bond motifs is 3. The fraction of sp³-hybridized carbons (Fsp3) is 0.227. The summed E-state index contributed by atoms with van der Waals surface area (Å²) in [5, 5.41) is 2.74. The normalized spacial score (nSPS) is 12.8. The van der Waals surface area contributed by atoms with Crippen LogP contribution in [0.5, 0.6) is 0 Å². The number of rotatable bonds is 7. The molecule has 2 N–H and O–H groups in total. The molecule has 1 aliphatic carbocycles. The van der Waals surface area contributed by atoms with Gasteiger partial charge >= 0.3 is 0 Å². The highest BCUT2D eigenvalue weighted by Gasteiger charge is 2.21. The number of carbonyl (C=O) groups excluding carboxylic acids is 1. The van der Waals surface area contributed by atoms with Crippen molar-refractivity contribution in [1.29, 1.82) is 0 Å². The molecule has 1 aliphatic rings. The Kier molecular flexibility index (Phi) is 5.80. The summed E-state index contributed by atoms with van der Waals surface area (Å²) < 4.78 is 26.9. The SMILES string of the molecule is O=C(NCCS(=O)(=O)NCc1ccccc1)c1cc2c(s1)-c1ccccc1CC2. The molecule has 0 aliphatic heterocycles. The van der Waals surface area contributed by atoms with E-state index >= 15 is 0 Å². The second kappa shape index (κ2) is 8.49. The number of hydrogen-bond donors (Lipinski definition) is 2. The van der Waals surface area contributed by atoms with E-state index in [1.165, 1.54) is 28.0 Å². The zero-order valence-electron chi connectivity index (χ0n) is 15.9. The van der Waals surface area contributed by atoms with Crippen molar-refractivity contribution < 1.29 is 13.2 Å². The number of thiophene rings is 1. The smallest absolute Gasteiger partial charge is 0.261 e. The minimum Gasteiger partial charge on any atom is -0.350 e. The fourth-order valence-corrected chi connectivity index (χ4v) is 5.52. The third-order valence-corrected chi connectivity index (χ3v) is 7.49. The Balaban J connectivity index is 1.33. The fourth-order valence-electron chi connectivity index (χ4n) is 3.43. The molecule has 0 radical (unpaired) electrons. The largest absolute Gasteiger partial charge is 0.350 e. The van der Waals surface area contributed by atoms with E-state index in [9.17, 15) is 13.2 Å². The number of sulfonamides is 1. The van der Waals surface area contributed by atoms with Crippen LogP contribution in [0, 0.1) is 0 Å². The summed E-state index contributed by atoms with van der Waals surface area (Å²) in [4.78, 5) is 14.3. The second-order valence-corrected chi connectivity index (χ2v) is 9.98. The zero-order valence-corrected chi connectivity index (χ0v) is 17.5. The highest BCUT2D eigenvalue weighted by atomic mass is 32.2. The van der Waals surface area contributed by atoms with Crippen molar-refractivity contribution in [3.63, 3.8) is 0 Å². The van der Waals surface area contributed by atoms with E-state index < -0.39 is 10.0 Å². The first-order valence-corrected chi connectivity index (χ1v) is 12.0. The Labute approximate surface area is 174 Å². The number of hydrogen-bond acceptors (Lipinski definition) is 4. The lowest BCUT2D eigenvalue weighted by molar-refractivity contribution is 0.0960. The topological polar surface area (TPSA) is 75.3 Å². The predicted octanol–water partition coefficient (Wildman–Crippen LogP) is 3.36. The minimum atomic E-state index is -3.46. The summed E-state index contributed by atoms with van der Waals surface area (Å²) in [6.45, 7) is 0.316. The molecule has 5 nitrogen and oxygen atoms in total. The van der Waals surface area contributed by atoms with E-state index in [0.717, 1.165) is 23.3 Å². The zero-order chi connectivity index (χ0) is 20.3. The molecular weight excluding hydrogens is 404 g/mol. The molecule has 0 fully saturated rings. The van der Waals surface area contributed by atoms with Gasteiger partial charge < -0.3 is 5.32 Å². The quantitative estimate of drug-likeness (QED) is 0.608. The van der Waals surface area contributed by atoms with Gasteiger partial charge in [0.05, 0.1) is 10.6 Å². The molecule has 3 aromatic rings. The first kappa shape index (κ1) is 19.8. The first-order chi connectivity index (χ1) is 14.0. The van der Waals surface area contributed by atoms with Crippen LogP contribution < -0.4 is 10.0 Å². The second-order valence-electron chi connectivity index (χ2n) is 7.00. The predicted molar refractivity (Wildman–Crippen MR) is 117 cm³/mol.